The number of ether oxygens (including phenoxy) is 1. The van der Waals surface area contributed by atoms with Crippen LogP contribution in [0.1, 0.15) is 28.2 Å². The van der Waals surface area contributed by atoms with Crippen molar-refractivity contribution in [2.75, 3.05) is 24.5 Å². The van der Waals surface area contributed by atoms with E-state index in [0.717, 1.165) is 42.3 Å². The van der Waals surface area contributed by atoms with E-state index in [2.05, 4.69) is 20.2 Å². The molecule has 9 heteroatoms. The van der Waals surface area contributed by atoms with E-state index in [1.807, 2.05) is 24.4 Å². The third-order valence-corrected chi connectivity index (χ3v) is 7.05. The van der Waals surface area contributed by atoms with E-state index < -0.39 is 0 Å². The minimum Gasteiger partial charge on any atom is -0.483 e. The number of amides is 1. The molecule has 1 amide bonds. The van der Waals surface area contributed by atoms with Crippen molar-refractivity contribution >= 4 is 29.5 Å². The molecule has 2 aromatic rings. The van der Waals surface area contributed by atoms with Crippen LogP contribution in [0.2, 0.25) is 0 Å². The van der Waals surface area contributed by atoms with Crippen molar-refractivity contribution in [2.45, 2.75) is 31.5 Å². The Bertz CT molecular complexity index is 877. The number of aromatic nitrogens is 2. The van der Waals surface area contributed by atoms with Gasteiger partial charge in [-0.05, 0) is 31.2 Å². The monoisotopic (exact) mass is 416 g/mol. The van der Waals surface area contributed by atoms with Crippen LogP contribution < -0.4 is 10.2 Å². The van der Waals surface area contributed by atoms with Gasteiger partial charge in [-0.3, -0.25) is 14.6 Å². The molecular weight excluding hydrogens is 392 g/mol. The molecule has 5 rings (SSSR count). The highest BCUT2D eigenvalue weighted by molar-refractivity contribution is 7.12. The maximum Gasteiger partial charge on any atom is 0.290 e. The molecule has 2 aromatic heterocycles. The SMILES string of the molecule is Cc1nccnc1N1C[C@@H]2[C@H](CNC(=O)c3cccs3)[C@H]3CC[C@]2(C1)O3.O=CO. The zero-order valence-electron chi connectivity index (χ0n) is 16.2. The lowest BCUT2D eigenvalue weighted by Crippen LogP contribution is -2.41. The summed E-state index contributed by atoms with van der Waals surface area (Å²) in [7, 11) is 0. The lowest BCUT2D eigenvalue weighted by atomic mass is 9.73. The summed E-state index contributed by atoms with van der Waals surface area (Å²) in [5.41, 5.74) is 0.883. The molecule has 0 aliphatic carbocycles. The highest BCUT2D eigenvalue weighted by Gasteiger charge is 2.63. The fraction of sp³-hybridized carbons (Fsp3) is 0.500. The Hall–Kier alpha value is -2.52. The van der Waals surface area contributed by atoms with Crippen LogP contribution in [0.25, 0.3) is 0 Å². The van der Waals surface area contributed by atoms with Gasteiger partial charge in [-0.25, -0.2) is 4.98 Å². The largest absolute Gasteiger partial charge is 0.483 e. The van der Waals surface area contributed by atoms with Crippen molar-refractivity contribution in [1.82, 2.24) is 15.3 Å². The van der Waals surface area contributed by atoms with E-state index in [4.69, 9.17) is 14.6 Å². The summed E-state index contributed by atoms with van der Waals surface area (Å²) >= 11 is 1.48. The zero-order valence-corrected chi connectivity index (χ0v) is 17.0. The van der Waals surface area contributed by atoms with Crippen molar-refractivity contribution in [3.05, 3.63) is 40.5 Å². The van der Waals surface area contributed by atoms with Gasteiger partial charge in [-0.1, -0.05) is 6.07 Å². The van der Waals surface area contributed by atoms with Crippen LogP contribution >= 0.6 is 11.3 Å². The van der Waals surface area contributed by atoms with Gasteiger partial charge in [0.15, 0.2) is 0 Å². The summed E-state index contributed by atoms with van der Waals surface area (Å²) in [4.78, 5) is 32.7. The summed E-state index contributed by atoms with van der Waals surface area (Å²) < 4.78 is 6.47. The molecule has 29 heavy (non-hydrogen) atoms. The van der Waals surface area contributed by atoms with Crippen molar-refractivity contribution < 1.29 is 19.4 Å². The molecule has 1 spiro atoms. The average Bonchev–Trinajstić information content (AvgIpc) is 3.47. The first-order valence-corrected chi connectivity index (χ1v) is 10.6. The molecule has 0 aromatic carbocycles. The van der Waals surface area contributed by atoms with Crippen LogP contribution in [0.3, 0.4) is 0 Å². The van der Waals surface area contributed by atoms with Crippen LogP contribution in [0.15, 0.2) is 29.9 Å². The van der Waals surface area contributed by atoms with Gasteiger partial charge < -0.3 is 20.1 Å². The second-order valence-electron chi connectivity index (χ2n) is 7.67. The Morgan fingerprint density at radius 2 is 2.28 bits per heavy atom. The van der Waals surface area contributed by atoms with Crippen LogP contribution in [0, 0.1) is 18.8 Å². The molecule has 3 fully saturated rings. The van der Waals surface area contributed by atoms with E-state index in [9.17, 15) is 4.79 Å². The third kappa shape index (κ3) is 3.60. The first kappa shape index (κ1) is 19.8. The summed E-state index contributed by atoms with van der Waals surface area (Å²) in [6.07, 6.45) is 5.95. The summed E-state index contributed by atoms with van der Waals surface area (Å²) in [5.74, 6) is 1.79. The average molecular weight is 417 g/mol. The number of hydrogen-bond acceptors (Lipinski definition) is 7. The van der Waals surface area contributed by atoms with Crippen LogP contribution in [-0.2, 0) is 9.53 Å². The zero-order chi connectivity index (χ0) is 20.4. The Balaban J connectivity index is 0.000000645. The minimum absolute atomic E-state index is 0.0245. The van der Waals surface area contributed by atoms with Gasteiger partial charge in [0.2, 0.25) is 0 Å². The number of aryl methyl sites for hydroxylation is 1. The van der Waals surface area contributed by atoms with E-state index in [0.29, 0.717) is 18.4 Å². The van der Waals surface area contributed by atoms with Gasteiger partial charge in [-0.2, -0.15) is 0 Å². The molecule has 0 unspecified atom stereocenters. The molecule has 5 heterocycles. The number of thiophene rings is 1. The lowest BCUT2D eigenvalue weighted by molar-refractivity contribution is -0.122. The van der Waals surface area contributed by atoms with Crippen molar-refractivity contribution in [2.24, 2.45) is 11.8 Å². The van der Waals surface area contributed by atoms with Gasteiger partial charge in [-0.15, -0.1) is 11.3 Å². The lowest BCUT2D eigenvalue weighted by Gasteiger charge is -2.29. The maximum atomic E-state index is 12.3. The number of carboxylic acid groups (broad SMARTS) is 1. The molecule has 0 radical (unpaired) electrons. The van der Waals surface area contributed by atoms with Gasteiger partial charge in [0, 0.05) is 43.9 Å². The summed E-state index contributed by atoms with van der Waals surface area (Å²) in [6.45, 7) is 4.24. The Labute approximate surface area is 172 Å². The first-order valence-electron chi connectivity index (χ1n) is 9.68. The first-order chi connectivity index (χ1) is 14.1. The maximum absolute atomic E-state index is 12.3. The van der Waals surface area contributed by atoms with E-state index in [1.165, 1.54) is 11.3 Å². The van der Waals surface area contributed by atoms with Crippen LogP contribution in [0.4, 0.5) is 5.82 Å². The molecule has 4 atom stereocenters. The predicted octanol–water partition coefficient (Wildman–Crippen LogP) is 1.96. The number of hydrogen-bond donors (Lipinski definition) is 2. The summed E-state index contributed by atoms with van der Waals surface area (Å²) in [6, 6.07) is 3.78. The van der Waals surface area contributed by atoms with Gasteiger partial charge in [0.05, 0.1) is 22.3 Å². The molecule has 2 N–H and O–H groups in total. The van der Waals surface area contributed by atoms with E-state index in [1.54, 1.807) is 12.4 Å². The van der Waals surface area contributed by atoms with Crippen LogP contribution in [-0.4, -0.2) is 58.8 Å². The smallest absolute Gasteiger partial charge is 0.290 e. The minimum atomic E-state index is -0.250. The third-order valence-electron chi connectivity index (χ3n) is 6.18. The van der Waals surface area contributed by atoms with Crippen molar-refractivity contribution in [3.8, 4) is 0 Å². The number of rotatable bonds is 4. The molecule has 3 aliphatic rings. The molecule has 3 aliphatic heterocycles. The molecule has 8 nitrogen and oxygen atoms in total. The fourth-order valence-electron chi connectivity index (χ4n) is 5.04. The van der Waals surface area contributed by atoms with Gasteiger partial charge in [0.1, 0.15) is 5.82 Å². The Morgan fingerprint density at radius 1 is 1.48 bits per heavy atom. The van der Waals surface area contributed by atoms with Crippen LogP contribution in [0.5, 0.6) is 0 Å². The number of carbonyl (C=O) groups excluding carboxylic acids is 1. The van der Waals surface area contributed by atoms with Crippen molar-refractivity contribution in [1.29, 1.82) is 0 Å². The normalized spacial score (nSPS) is 29.1. The molecule has 3 saturated heterocycles. The summed E-state index contributed by atoms with van der Waals surface area (Å²) in [5, 5.41) is 12.0. The van der Waals surface area contributed by atoms with Crippen molar-refractivity contribution in [3.63, 3.8) is 0 Å². The predicted molar refractivity (Wildman–Crippen MR) is 108 cm³/mol. The standard InChI is InChI=1S/C19H22N4O2S.CH2O2/c1-12-17(21-7-6-20-12)23-10-14-13(15-4-5-19(14,11-23)25-15)9-22-18(24)16-3-2-8-26-16;2-1-3/h2-3,6-8,13-15H,4-5,9-11H2,1H3,(H,22,24);1H,(H,2,3)/t13-,14+,15+,19+;/m0./s1. The van der Waals surface area contributed by atoms with E-state index in [-0.39, 0.29) is 24.1 Å². The number of nitrogens with zero attached hydrogens (tertiary/aromatic N) is 3. The number of nitrogens with one attached hydrogen (secondary N) is 1. The van der Waals surface area contributed by atoms with Gasteiger partial charge in [0.25, 0.3) is 12.4 Å². The number of carbonyl (C=O) groups is 2. The fourth-order valence-corrected chi connectivity index (χ4v) is 5.68. The van der Waals surface area contributed by atoms with E-state index >= 15 is 0 Å². The molecule has 2 bridgehead atoms. The second kappa shape index (κ2) is 8.08. The number of fused-ring (bicyclic) bond motifs is 1. The quantitative estimate of drug-likeness (QED) is 0.734. The molecule has 0 saturated carbocycles. The molecule has 154 valence electrons. The molecular formula is C20H24N4O4S. The highest BCUT2D eigenvalue weighted by atomic mass is 32.1. The van der Waals surface area contributed by atoms with Gasteiger partial charge >= 0.3 is 0 Å². The topological polar surface area (TPSA) is 105 Å². The number of anilines is 1. The second-order valence-corrected chi connectivity index (χ2v) is 8.62. The Morgan fingerprint density at radius 3 is 3.00 bits per heavy atom. The Kier molecular flexibility index (Phi) is 5.51. The highest BCUT2D eigenvalue weighted by Crippen LogP contribution is 2.55.